The van der Waals surface area contributed by atoms with Gasteiger partial charge in [-0.2, -0.15) is 4.98 Å². The van der Waals surface area contributed by atoms with E-state index in [0.717, 1.165) is 11.1 Å². The number of piperazine rings is 1. The number of nitro groups is 1. The molecule has 0 N–H and O–H groups in total. The van der Waals surface area contributed by atoms with Crippen LogP contribution in [0.3, 0.4) is 0 Å². The van der Waals surface area contributed by atoms with Crippen molar-refractivity contribution in [3.05, 3.63) is 64.2 Å². The molecule has 0 aliphatic carbocycles. The Morgan fingerprint density at radius 1 is 1.04 bits per heavy atom. The number of hydrogen-bond acceptors (Lipinski definition) is 6. The number of amides is 1. The second-order valence-corrected chi connectivity index (χ2v) is 6.05. The van der Waals surface area contributed by atoms with E-state index in [0.29, 0.717) is 37.8 Å². The summed E-state index contributed by atoms with van der Waals surface area (Å²) in [6, 6.07) is 13.8. The molecule has 0 spiro atoms. The monoisotopic (exact) mass is 352 g/mol. The molecular formula is C18H16N4O4. The maximum Gasteiger partial charge on any atom is 0.298 e. The highest BCUT2D eigenvalue weighted by Gasteiger charge is 2.25. The van der Waals surface area contributed by atoms with E-state index in [1.165, 1.54) is 24.3 Å². The van der Waals surface area contributed by atoms with Gasteiger partial charge in [-0.05, 0) is 24.3 Å². The van der Waals surface area contributed by atoms with E-state index in [4.69, 9.17) is 4.42 Å². The maximum absolute atomic E-state index is 12.6. The molecule has 1 fully saturated rings. The molecule has 1 saturated heterocycles. The van der Waals surface area contributed by atoms with E-state index in [1.807, 2.05) is 29.2 Å². The van der Waals surface area contributed by atoms with Crippen LogP contribution in [0.4, 0.5) is 11.7 Å². The van der Waals surface area contributed by atoms with Gasteiger partial charge in [-0.3, -0.25) is 14.9 Å². The van der Waals surface area contributed by atoms with Gasteiger partial charge in [0.2, 0.25) is 0 Å². The molecule has 0 bridgehead atoms. The van der Waals surface area contributed by atoms with Crippen molar-refractivity contribution >= 4 is 28.7 Å². The lowest BCUT2D eigenvalue weighted by Crippen LogP contribution is -2.48. The molecule has 4 rings (SSSR count). The number of carbonyl (C=O) groups excluding carboxylic acids is 1. The number of hydrogen-bond donors (Lipinski definition) is 0. The summed E-state index contributed by atoms with van der Waals surface area (Å²) in [7, 11) is 0. The van der Waals surface area contributed by atoms with Crippen LogP contribution in [-0.2, 0) is 0 Å². The highest BCUT2D eigenvalue weighted by Crippen LogP contribution is 2.23. The van der Waals surface area contributed by atoms with Gasteiger partial charge in [0.15, 0.2) is 5.58 Å². The van der Waals surface area contributed by atoms with Gasteiger partial charge in [0.05, 0.1) is 4.92 Å². The van der Waals surface area contributed by atoms with Crippen molar-refractivity contribution in [3.63, 3.8) is 0 Å². The largest absolute Gasteiger partial charge is 0.423 e. The fourth-order valence-electron chi connectivity index (χ4n) is 3.00. The number of nitrogens with zero attached hydrogens (tertiary/aromatic N) is 4. The highest BCUT2D eigenvalue weighted by atomic mass is 16.6. The van der Waals surface area contributed by atoms with Crippen LogP contribution in [0, 0.1) is 10.1 Å². The minimum absolute atomic E-state index is 0.0256. The first-order valence-electron chi connectivity index (χ1n) is 8.26. The number of rotatable bonds is 3. The zero-order valence-corrected chi connectivity index (χ0v) is 13.9. The minimum Gasteiger partial charge on any atom is -0.423 e. The summed E-state index contributed by atoms with van der Waals surface area (Å²) in [5.74, 6) is -0.128. The van der Waals surface area contributed by atoms with Crippen LogP contribution in [0.5, 0.6) is 0 Å². The van der Waals surface area contributed by atoms with Gasteiger partial charge in [0, 0.05) is 43.9 Å². The molecule has 0 radical (unpaired) electrons. The van der Waals surface area contributed by atoms with Gasteiger partial charge in [-0.25, -0.2) is 0 Å². The van der Waals surface area contributed by atoms with E-state index in [-0.39, 0.29) is 11.6 Å². The summed E-state index contributed by atoms with van der Waals surface area (Å²) in [6.45, 7) is 2.31. The van der Waals surface area contributed by atoms with E-state index in [9.17, 15) is 14.9 Å². The van der Waals surface area contributed by atoms with Gasteiger partial charge < -0.3 is 14.2 Å². The Balaban J connectivity index is 1.42. The second kappa shape index (κ2) is 6.47. The van der Waals surface area contributed by atoms with Crippen molar-refractivity contribution in [2.24, 2.45) is 0 Å². The standard InChI is InChI=1S/C18H16N4O4/c23-17(13-5-7-14(8-6-13)22(24)25)20-9-11-21(12-10-20)18-19-15-3-1-2-4-16(15)26-18/h1-8H,9-12H2. The van der Waals surface area contributed by atoms with Crippen LogP contribution in [-0.4, -0.2) is 46.9 Å². The Morgan fingerprint density at radius 3 is 2.38 bits per heavy atom. The quantitative estimate of drug-likeness (QED) is 0.531. The molecule has 2 heterocycles. The van der Waals surface area contributed by atoms with Gasteiger partial charge in [-0.15, -0.1) is 0 Å². The fraction of sp³-hybridized carbons (Fsp3) is 0.222. The highest BCUT2D eigenvalue weighted by molar-refractivity contribution is 5.94. The number of anilines is 1. The molecule has 1 aromatic heterocycles. The van der Waals surface area contributed by atoms with Gasteiger partial charge in [-0.1, -0.05) is 12.1 Å². The zero-order chi connectivity index (χ0) is 18.1. The first-order valence-corrected chi connectivity index (χ1v) is 8.26. The molecule has 0 saturated carbocycles. The van der Waals surface area contributed by atoms with Gasteiger partial charge >= 0.3 is 0 Å². The number of para-hydroxylation sites is 2. The lowest BCUT2D eigenvalue weighted by atomic mass is 10.1. The molecule has 3 aromatic rings. The van der Waals surface area contributed by atoms with Crippen LogP contribution in [0.2, 0.25) is 0 Å². The smallest absolute Gasteiger partial charge is 0.298 e. The average Bonchev–Trinajstić information content (AvgIpc) is 3.12. The molecular weight excluding hydrogens is 336 g/mol. The van der Waals surface area contributed by atoms with Gasteiger partial charge in [0.25, 0.3) is 17.6 Å². The molecule has 1 aliphatic rings. The first-order chi connectivity index (χ1) is 12.6. The van der Waals surface area contributed by atoms with E-state index in [1.54, 1.807) is 4.90 Å². The number of aromatic nitrogens is 1. The normalized spacial score (nSPS) is 14.6. The summed E-state index contributed by atoms with van der Waals surface area (Å²) in [5, 5.41) is 10.7. The van der Waals surface area contributed by atoms with Crippen LogP contribution >= 0.6 is 0 Å². The molecule has 1 aliphatic heterocycles. The van der Waals surface area contributed by atoms with Crippen LogP contribution in [0.25, 0.3) is 11.1 Å². The Bertz CT molecular complexity index is 926. The third-order valence-electron chi connectivity index (χ3n) is 4.45. The predicted octanol–water partition coefficient (Wildman–Crippen LogP) is 2.70. The van der Waals surface area contributed by atoms with Crippen molar-refractivity contribution in [1.29, 1.82) is 0 Å². The first kappa shape index (κ1) is 16.1. The van der Waals surface area contributed by atoms with Crippen molar-refractivity contribution in [3.8, 4) is 0 Å². The van der Waals surface area contributed by atoms with E-state index < -0.39 is 4.92 Å². The molecule has 1 amide bonds. The minimum atomic E-state index is -0.479. The average molecular weight is 352 g/mol. The van der Waals surface area contributed by atoms with Crippen molar-refractivity contribution in [2.45, 2.75) is 0 Å². The Labute approximate surface area is 148 Å². The van der Waals surface area contributed by atoms with Gasteiger partial charge in [0.1, 0.15) is 5.52 Å². The molecule has 132 valence electrons. The molecule has 26 heavy (non-hydrogen) atoms. The summed E-state index contributed by atoms with van der Waals surface area (Å²) in [5.41, 5.74) is 1.98. The van der Waals surface area contributed by atoms with Crippen LogP contribution in [0.15, 0.2) is 52.9 Å². The van der Waals surface area contributed by atoms with E-state index >= 15 is 0 Å². The van der Waals surface area contributed by atoms with Crippen LogP contribution in [0.1, 0.15) is 10.4 Å². The van der Waals surface area contributed by atoms with Crippen molar-refractivity contribution < 1.29 is 14.1 Å². The van der Waals surface area contributed by atoms with Crippen LogP contribution < -0.4 is 4.90 Å². The summed E-state index contributed by atoms with van der Waals surface area (Å²) >= 11 is 0. The molecule has 0 atom stereocenters. The second-order valence-electron chi connectivity index (χ2n) is 6.05. The fourth-order valence-corrected chi connectivity index (χ4v) is 3.00. The van der Waals surface area contributed by atoms with Crippen molar-refractivity contribution in [2.75, 3.05) is 31.1 Å². The topological polar surface area (TPSA) is 92.7 Å². The number of non-ortho nitro benzene ring substituents is 1. The number of carbonyl (C=O) groups is 1. The Kier molecular flexibility index (Phi) is 4.00. The number of benzene rings is 2. The maximum atomic E-state index is 12.6. The van der Waals surface area contributed by atoms with E-state index in [2.05, 4.69) is 4.98 Å². The lowest BCUT2D eigenvalue weighted by Gasteiger charge is -2.33. The third-order valence-corrected chi connectivity index (χ3v) is 4.45. The lowest BCUT2D eigenvalue weighted by molar-refractivity contribution is -0.384. The Hall–Kier alpha value is -3.42. The summed E-state index contributed by atoms with van der Waals surface area (Å²) in [4.78, 5) is 31.0. The number of oxazole rings is 1. The summed E-state index contributed by atoms with van der Waals surface area (Å²) < 4.78 is 5.77. The molecule has 8 heteroatoms. The molecule has 8 nitrogen and oxygen atoms in total. The number of fused-ring (bicyclic) bond motifs is 1. The molecule has 2 aromatic carbocycles. The van der Waals surface area contributed by atoms with Crippen molar-refractivity contribution in [1.82, 2.24) is 9.88 Å². The zero-order valence-electron chi connectivity index (χ0n) is 13.9. The molecule has 0 unspecified atom stereocenters. The summed E-state index contributed by atoms with van der Waals surface area (Å²) in [6.07, 6.45) is 0. The SMILES string of the molecule is O=C(c1ccc([N+](=O)[O-])cc1)N1CCN(c2nc3ccccc3o2)CC1. The Morgan fingerprint density at radius 2 is 1.73 bits per heavy atom. The third kappa shape index (κ3) is 2.97. The number of nitro benzene ring substituents is 1. The predicted molar refractivity (Wildman–Crippen MR) is 95.2 cm³/mol.